The first-order chi connectivity index (χ1) is 6.22. The van der Waals surface area contributed by atoms with Crippen molar-refractivity contribution in [1.29, 1.82) is 0 Å². The van der Waals surface area contributed by atoms with Crippen molar-refractivity contribution in [2.45, 2.75) is 45.1 Å². The molecule has 1 aliphatic rings. The van der Waals surface area contributed by atoms with Crippen molar-refractivity contribution < 1.29 is 9.53 Å². The molecule has 3 nitrogen and oxygen atoms in total. The van der Waals surface area contributed by atoms with Crippen LogP contribution in [0.15, 0.2) is 0 Å². The fourth-order valence-electron chi connectivity index (χ4n) is 1.71. The van der Waals surface area contributed by atoms with E-state index in [1.54, 1.807) is 0 Å². The fourth-order valence-corrected chi connectivity index (χ4v) is 1.71. The largest absolute Gasteiger partial charge is 0.462 e. The van der Waals surface area contributed by atoms with Crippen LogP contribution in [0.25, 0.3) is 0 Å². The van der Waals surface area contributed by atoms with Crippen LogP contribution >= 0.6 is 0 Å². The van der Waals surface area contributed by atoms with Gasteiger partial charge in [-0.1, -0.05) is 6.92 Å². The summed E-state index contributed by atoms with van der Waals surface area (Å²) in [4.78, 5) is 11.1. The smallest absolute Gasteiger partial charge is 0.307 e. The van der Waals surface area contributed by atoms with Crippen LogP contribution in [0.5, 0.6) is 0 Å². The fraction of sp³-hybridized carbons (Fsp3) is 0.900. The summed E-state index contributed by atoms with van der Waals surface area (Å²) in [5.41, 5.74) is 5.26. The van der Waals surface area contributed by atoms with Crippen LogP contribution in [0.1, 0.15) is 39.0 Å². The van der Waals surface area contributed by atoms with Gasteiger partial charge in [0.05, 0.1) is 6.42 Å². The third-order valence-corrected chi connectivity index (χ3v) is 2.61. The predicted octanol–water partition coefficient (Wildman–Crippen LogP) is 1.46. The zero-order chi connectivity index (χ0) is 9.68. The third kappa shape index (κ3) is 3.77. The van der Waals surface area contributed by atoms with E-state index in [0.717, 1.165) is 18.8 Å². The molecule has 1 aliphatic carbocycles. The molecule has 0 aromatic heterocycles. The maximum Gasteiger partial charge on any atom is 0.307 e. The molecule has 0 spiro atoms. The van der Waals surface area contributed by atoms with E-state index in [-0.39, 0.29) is 12.1 Å². The lowest BCUT2D eigenvalue weighted by Gasteiger charge is -2.25. The van der Waals surface area contributed by atoms with Crippen molar-refractivity contribution in [3.63, 3.8) is 0 Å². The Bertz CT molecular complexity index is 162. The van der Waals surface area contributed by atoms with Gasteiger partial charge in [-0.3, -0.25) is 4.79 Å². The predicted molar refractivity (Wildman–Crippen MR) is 51.2 cm³/mol. The molecule has 3 heteroatoms. The molecule has 0 aliphatic heterocycles. The molecule has 2 N–H and O–H groups in total. The van der Waals surface area contributed by atoms with Crippen LogP contribution in [-0.4, -0.2) is 18.6 Å². The molecule has 0 saturated heterocycles. The first-order valence-corrected chi connectivity index (χ1v) is 5.12. The van der Waals surface area contributed by atoms with Gasteiger partial charge in [-0.25, -0.2) is 0 Å². The highest BCUT2D eigenvalue weighted by molar-refractivity contribution is 5.69. The maximum atomic E-state index is 11.1. The Balaban J connectivity index is 2.18. The summed E-state index contributed by atoms with van der Waals surface area (Å²) in [7, 11) is 0. The van der Waals surface area contributed by atoms with Crippen LogP contribution in [-0.2, 0) is 9.53 Å². The van der Waals surface area contributed by atoms with Crippen LogP contribution in [0, 0.1) is 5.92 Å². The molecule has 0 radical (unpaired) electrons. The van der Waals surface area contributed by atoms with E-state index in [4.69, 9.17) is 10.5 Å². The number of carbonyl (C=O) groups excluding carboxylic acids is 1. The number of hydrogen-bond acceptors (Lipinski definition) is 3. The van der Waals surface area contributed by atoms with Gasteiger partial charge in [0, 0.05) is 6.54 Å². The molecule has 0 atom stereocenters. The van der Waals surface area contributed by atoms with Gasteiger partial charge in [0.2, 0.25) is 0 Å². The molecule has 1 rings (SSSR count). The van der Waals surface area contributed by atoms with Crippen molar-refractivity contribution in [3.05, 3.63) is 0 Å². The average Bonchev–Trinajstić information content (AvgIpc) is 2.09. The minimum Gasteiger partial charge on any atom is -0.462 e. The highest BCUT2D eigenvalue weighted by Crippen LogP contribution is 2.25. The monoisotopic (exact) mass is 185 g/mol. The lowest BCUT2D eigenvalue weighted by Crippen LogP contribution is -2.24. The minimum atomic E-state index is -0.137. The summed E-state index contributed by atoms with van der Waals surface area (Å²) in [6.45, 7) is 2.64. The molecule has 13 heavy (non-hydrogen) atoms. The Morgan fingerprint density at radius 2 is 2.00 bits per heavy atom. The van der Waals surface area contributed by atoms with E-state index in [9.17, 15) is 4.79 Å². The van der Waals surface area contributed by atoms with Gasteiger partial charge in [0.1, 0.15) is 6.10 Å². The number of rotatable bonds is 3. The van der Waals surface area contributed by atoms with Gasteiger partial charge < -0.3 is 10.5 Å². The molecular weight excluding hydrogens is 166 g/mol. The van der Waals surface area contributed by atoms with E-state index < -0.39 is 0 Å². The van der Waals surface area contributed by atoms with E-state index in [1.165, 1.54) is 12.8 Å². The normalized spacial score (nSPS) is 28.5. The maximum absolute atomic E-state index is 11.1. The Morgan fingerprint density at radius 1 is 1.38 bits per heavy atom. The Kier molecular flexibility index (Phi) is 4.22. The summed E-state index contributed by atoms with van der Waals surface area (Å²) in [6.07, 6.45) is 4.93. The van der Waals surface area contributed by atoms with Crippen LogP contribution in [0.3, 0.4) is 0 Å². The van der Waals surface area contributed by atoms with Gasteiger partial charge in [0.25, 0.3) is 0 Å². The highest BCUT2D eigenvalue weighted by Gasteiger charge is 2.20. The number of nitrogens with two attached hydrogens (primary N) is 1. The third-order valence-electron chi connectivity index (χ3n) is 2.61. The van der Waals surface area contributed by atoms with Gasteiger partial charge >= 0.3 is 5.97 Å². The zero-order valence-corrected chi connectivity index (χ0v) is 8.29. The highest BCUT2D eigenvalue weighted by atomic mass is 16.5. The van der Waals surface area contributed by atoms with Crippen LogP contribution in [0.4, 0.5) is 0 Å². The summed E-state index contributed by atoms with van der Waals surface area (Å²) < 4.78 is 5.26. The van der Waals surface area contributed by atoms with Crippen LogP contribution < -0.4 is 5.73 Å². The summed E-state index contributed by atoms with van der Waals surface area (Å²) in [6, 6.07) is 0. The molecule has 1 fully saturated rings. The lowest BCUT2D eigenvalue weighted by molar-refractivity contribution is -0.150. The van der Waals surface area contributed by atoms with Gasteiger partial charge in [0.15, 0.2) is 0 Å². The number of ether oxygens (including phenoxy) is 1. The van der Waals surface area contributed by atoms with Crippen molar-refractivity contribution in [1.82, 2.24) is 0 Å². The molecule has 76 valence electrons. The second kappa shape index (κ2) is 5.22. The number of carbonyl (C=O) groups is 1. The van der Waals surface area contributed by atoms with Gasteiger partial charge in [-0.05, 0) is 31.6 Å². The average molecular weight is 185 g/mol. The topological polar surface area (TPSA) is 52.3 Å². The standard InChI is InChI=1S/C10H19NO2/c1-8-2-4-9(5-3-8)13-10(12)6-7-11/h8-9H,2-7,11H2,1H3. The Morgan fingerprint density at radius 3 is 2.54 bits per heavy atom. The van der Waals surface area contributed by atoms with Crippen LogP contribution in [0.2, 0.25) is 0 Å². The SMILES string of the molecule is CC1CCC(OC(=O)CCN)CC1. The molecular formula is C10H19NO2. The molecule has 0 bridgehead atoms. The zero-order valence-electron chi connectivity index (χ0n) is 8.29. The van der Waals surface area contributed by atoms with Crippen molar-refractivity contribution >= 4 is 5.97 Å². The quantitative estimate of drug-likeness (QED) is 0.677. The van der Waals surface area contributed by atoms with E-state index in [1.807, 2.05) is 0 Å². The van der Waals surface area contributed by atoms with Crippen molar-refractivity contribution in [2.75, 3.05) is 6.54 Å². The van der Waals surface area contributed by atoms with Crippen molar-refractivity contribution in [3.8, 4) is 0 Å². The summed E-state index contributed by atoms with van der Waals surface area (Å²) in [5.74, 6) is 0.659. The molecule has 0 amide bonds. The molecule has 0 aromatic carbocycles. The van der Waals surface area contributed by atoms with E-state index >= 15 is 0 Å². The lowest BCUT2D eigenvalue weighted by atomic mass is 9.89. The van der Waals surface area contributed by atoms with Gasteiger partial charge in [-0.15, -0.1) is 0 Å². The summed E-state index contributed by atoms with van der Waals surface area (Å²) in [5, 5.41) is 0. The van der Waals surface area contributed by atoms with E-state index in [0.29, 0.717) is 13.0 Å². The second-order valence-corrected chi connectivity index (χ2v) is 3.91. The molecule has 0 unspecified atom stereocenters. The molecule has 0 aromatic rings. The summed E-state index contributed by atoms with van der Waals surface area (Å²) >= 11 is 0. The van der Waals surface area contributed by atoms with Crippen molar-refractivity contribution in [2.24, 2.45) is 11.7 Å². The molecule has 0 heterocycles. The second-order valence-electron chi connectivity index (χ2n) is 3.91. The first kappa shape index (κ1) is 10.5. The Hall–Kier alpha value is -0.570. The number of hydrogen-bond donors (Lipinski definition) is 1. The minimum absolute atomic E-state index is 0.137. The molecule has 1 saturated carbocycles. The first-order valence-electron chi connectivity index (χ1n) is 5.12. The van der Waals surface area contributed by atoms with Gasteiger partial charge in [-0.2, -0.15) is 0 Å². The van der Waals surface area contributed by atoms with E-state index in [2.05, 4.69) is 6.92 Å². The number of esters is 1. The Labute approximate surface area is 79.6 Å².